The van der Waals surface area contributed by atoms with E-state index < -0.39 is 0 Å². The molecule has 0 saturated carbocycles. The second kappa shape index (κ2) is 9.95. The van der Waals surface area contributed by atoms with Gasteiger partial charge in [-0.1, -0.05) is 12.1 Å². The summed E-state index contributed by atoms with van der Waals surface area (Å²) in [5.74, 6) is -0.339. The van der Waals surface area contributed by atoms with Gasteiger partial charge in [-0.3, -0.25) is 4.90 Å². The normalized spacial score (nSPS) is 15.1. The molecule has 0 bridgehead atoms. The second-order valence-electron chi connectivity index (χ2n) is 6.67. The van der Waals surface area contributed by atoms with E-state index in [0.29, 0.717) is 23.0 Å². The summed E-state index contributed by atoms with van der Waals surface area (Å²) < 4.78 is 5.14. The molecule has 2 aromatic rings. The first-order valence-corrected chi connectivity index (χ1v) is 10.8. The molecule has 1 aliphatic rings. The van der Waals surface area contributed by atoms with Crippen molar-refractivity contribution in [3.63, 3.8) is 0 Å². The van der Waals surface area contributed by atoms with Crippen LogP contribution in [0.4, 0.5) is 5.69 Å². The Hall–Kier alpha value is -2.03. The van der Waals surface area contributed by atoms with Gasteiger partial charge in [-0.25, -0.2) is 9.78 Å². The molecule has 0 radical (unpaired) electrons. The van der Waals surface area contributed by atoms with Crippen LogP contribution >= 0.6 is 23.6 Å². The third kappa shape index (κ3) is 5.50. The van der Waals surface area contributed by atoms with Gasteiger partial charge in [0.15, 0.2) is 5.11 Å². The van der Waals surface area contributed by atoms with Gasteiger partial charge in [0.1, 0.15) is 0 Å². The van der Waals surface area contributed by atoms with Crippen molar-refractivity contribution >= 4 is 40.3 Å². The zero-order chi connectivity index (χ0) is 19.9. The topological polar surface area (TPSA) is 57.7 Å². The number of nitrogens with zero attached hydrogens (tertiary/aromatic N) is 3. The Bertz CT molecular complexity index is 824. The third-order valence-electron chi connectivity index (χ3n) is 4.59. The van der Waals surface area contributed by atoms with Crippen LogP contribution in [0.3, 0.4) is 0 Å². The molecule has 6 nitrogen and oxygen atoms in total. The van der Waals surface area contributed by atoms with Gasteiger partial charge >= 0.3 is 5.97 Å². The molecule has 1 saturated heterocycles. The van der Waals surface area contributed by atoms with Crippen LogP contribution in [0, 0.1) is 6.92 Å². The summed E-state index contributed by atoms with van der Waals surface area (Å²) in [4.78, 5) is 21.3. The van der Waals surface area contributed by atoms with Gasteiger partial charge in [0.25, 0.3) is 0 Å². The van der Waals surface area contributed by atoms with E-state index in [4.69, 9.17) is 17.0 Å². The number of hydrogen-bond donors (Lipinski definition) is 1. The Morgan fingerprint density at radius 1 is 1.29 bits per heavy atom. The Morgan fingerprint density at radius 3 is 2.86 bits per heavy atom. The van der Waals surface area contributed by atoms with E-state index in [2.05, 4.69) is 25.5 Å². The zero-order valence-electron chi connectivity index (χ0n) is 16.3. The highest BCUT2D eigenvalue weighted by Gasteiger charge is 2.19. The molecule has 3 rings (SSSR count). The van der Waals surface area contributed by atoms with Crippen molar-refractivity contribution in [1.82, 2.24) is 14.8 Å². The second-order valence-corrected chi connectivity index (χ2v) is 8.12. The molecule has 0 amide bonds. The molecule has 0 atom stereocenters. The lowest BCUT2D eigenvalue weighted by Gasteiger charge is -2.25. The van der Waals surface area contributed by atoms with Crippen molar-refractivity contribution in [2.24, 2.45) is 0 Å². The number of thiocarbonyl (C=S) groups is 1. The molecule has 1 fully saturated rings. The third-order valence-corrected chi connectivity index (χ3v) is 5.77. The van der Waals surface area contributed by atoms with Gasteiger partial charge in [0.05, 0.1) is 28.6 Å². The van der Waals surface area contributed by atoms with Gasteiger partial charge in [-0.05, 0) is 44.6 Å². The van der Waals surface area contributed by atoms with E-state index in [1.807, 2.05) is 25.1 Å². The lowest BCUT2D eigenvalue weighted by Crippen LogP contribution is -2.38. The Labute approximate surface area is 175 Å². The predicted molar refractivity (Wildman–Crippen MR) is 117 cm³/mol. The standard InChI is InChI=1S/C20H26N4O2S2/c1-3-26-19(25)17-7-4-5-8-18(17)22-20(27)24-10-6-9-23(11-12-24)13-16-14-28-15(2)21-16/h4-5,7-8,14H,3,6,9-13H2,1-2H3,(H,22,27). The largest absolute Gasteiger partial charge is 0.462 e. The fourth-order valence-electron chi connectivity index (χ4n) is 3.22. The number of thiazole rings is 1. The number of nitrogens with one attached hydrogen (secondary N) is 1. The van der Waals surface area contributed by atoms with Crippen molar-refractivity contribution in [1.29, 1.82) is 0 Å². The summed E-state index contributed by atoms with van der Waals surface area (Å²) in [6, 6.07) is 7.31. The smallest absolute Gasteiger partial charge is 0.340 e. The SMILES string of the molecule is CCOC(=O)c1ccccc1NC(=S)N1CCCN(Cc2csc(C)n2)CC1. The predicted octanol–water partition coefficient (Wildman–Crippen LogP) is 3.53. The Balaban J connectivity index is 1.59. The lowest BCUT2D eigenvalue weighted by atomic mass is 10.2. The first kappa shape index (κ1) is 20.7. The zero-order valence-corrected chi connectivity index (χ0v) is 17.9. The van der Waals surface area contributed by atoms with Crippen molar-refractivity contribution in [3.05, 3.63) is 45.9 Å². The monoisotopic (exact) mass is 418 g/mol. The maximum Gasteiger partial charge on any atom is 0.340 e. The van der Waals surface area contributed by atoms with Gasteiger partial charge in [0.2, 0.25) is 0 Å². The molecule has 1 aromatic heterocycles. The summed E-state index contributed by atoms with van der Waals surface area (Å²) >= 11 is 7.33. The summed E-state index contributed by atoms with van der Waals surface area (Å²) in [5.41, 5.74) is 2.33. The van der Waals surface area contributed by atoms with Gasteiger partial charge in [-0.2, -0.15) is 0 Å². The highest BCUT2D eigenvalue weighted by Crippen LogP contribution is 2.18. The van der Waals surface area contributed by atoms with Crippen LogP contribution in [-0.4, -0.2) is 58.7 Å². The molecule has 1 aromatic carbocycles. The molecule has 8 heteroatoms. The van der Waals surface area contributed by atoms with E-state index in [1.54, 1.807) is 24.3 Å². The van der Waals surface area contributed by atoms with Crippen LogP contribution in [0.15, 0.2) is 29.6 Å². The van der Waals surface area contributed by atoms with Crippen LogP contribution in [-0.2, 0) is 11.3 Å². The number of benzene rings is 1. The van der Waals surface area contributed by atoms with Crippen molar-refractivity contribution < 1.29 is 9.53 Å². The van der Waals surface area contributed by atoms with E-state index >= 15 is 0 Å². The fourth-order valence-corrected chi connectivity index (χ4v) is 4.11. The van der Waals surface area contributed by atoms with Crippen LogP contribution in [0.1, 0.15) is 34.4 Å². The molecule has 1 N–H and O–H groups in total. The highest BCUT2D eigenvalue weighted by atomic mass is 32.1. The molecule has 0 unspecified atom stereocenters. The van der Waals surface area contributed by atoms with Crippen molar-refractivity contribution in [2.45, 2.75) is 26.8 Å². The number of rotatable bonds is 5. The number of anilines is 1. The molecule has 0 spiro atoms. The number of hydrogen-bond acceptors (Lipinski definition) is 6. The molecular weight excluding hydrogens is 392 g/mol. The number of aryl methyl sites for hydroxylation is 1. The van der Waals surface area contributed by atoms with E-state index in [0.717, 1.165) is 49.8 Å². The minimum absolute atomic E-state index is 0.339. The average Bonchev–Trinajstić information content (AvgIpc) is 2.94. The van der Waals surface area contributed by atoms with Gasteiger partial charge in [-0.15, -0.1) is 11.3 Å². The van der Waals surface area contributed by atoms with E-state index in [9.17, 15) is 4.79 Å². The van der Waals surface area contributed by atoms with Gasteiger partial charge < -0.3 is 15.0 Å². The minimum Gasteiger partial charge on any atom is -0.462 e. The van der Waals surface area contributed by atoms with Crippen LogP contribution < -0.4 is 5.32 Å². The van der Waals surface area contributed by atoms with Crippen molar-refractivity contribution in [2.75, 3.05) is 38.1 Å². The van der Waals surface area contributed by atoms with Crippen LogP contribution in [0.5, 0.6) is 0 Å². The number of carbonyl (C=O) groups excluding carboxylic acids is 1. The van der Waals surface area contributed by atoms with E-state index in [1.165, 1.54) is 0 Å². The molecule has 0 aliphatic carbocycles. The highest BCUT2D eigenvalue weighted by molar-refractivity contribution is 7.80. The van der Waals surface area contributed by atoms with E-state index in [-0.39, 0.29) is 5.97 Å². The molecule has 1 aliphatic heterocycles. The summed E-state index contributed by atoms with van der Waals surface area (Å²) in [7, 11) is 0. The molecule has 2 heterocycles. The first-order chi connectivity index (χ1) is 13.6. The Morgan fingerprint density at radius 2 is 2.11 bits per heavy atom. The minimum atomic E-state index is -0.339. The maximum atomic E-state index is 12.2. The summed E-state index contributed by atoms with van der Waals surface area (Å²) in [5, 5.41) is 7.13. The van der Waals surface area contributed by atoms with Gasteiger partial charge in [0, 0.05) is 38.1 Å². The number of esters is 1. The summed E-state index contributed by atoms with van der Waals surface area (Å²) in [6.07, 6.45) is 1.03. The van der Waals surface area contributed by atoms with Crippen LogP contribution in [0.25, 0.3) is 0 Å². The van der Waals surface area contributed by atoms with Crippen LogP contribution in [0.2, 0.25) is 0 Å². The Kier molecular flexibility index (Phi) is 7.36. The molecule has 150 valence electrons. The fraction of sp³-hybridized carbons (Fsp3) is 0.450. The number of para-hydroxylation sites is 1. The maximum absolute atomic E-state index is 12.2. The molecule has 28 heavy (non-hydrogen) atoms. The number of aromatic nitrogens is 1. The first-order valence-electron chi connectivity index (χ1n) is 9.52. The summed E-state index contributed by atoms with van der Waals surface area (Å²) in [6.45, 7) is 8.75. The van der Waals surface area contributed by atoms with Crippen molar-refractivity contribution in [3.8, 4) is 0 Å². The number of carbonyl (C=O) groups is 1. The quantitative estimate of drug-likeness (QED) is 0.589. The molecular formula is C20H26N4O2S2. The average molecular weight is 419 g/mol. The number of ether oxygens (including phenoxy) is 1. The lowest BCUT2D eigenvalue weighted by molar-refractivity contribution is 0.0527.